The number of benzene rings is 1. The zero-order valence-corrected chi connectivity index (χ0v) is 16.8. The van der Waals surface area contributed by atoms with Crippen LogP contribution >= 0.6 is 22.7 Å². The number of rotatable bonds is 7. The molecule has 0 aliphatic carbocycles. The molecule has 3 heterocycles. The Morgan fingerprint density at radius 1 is 1.28 bits per heavy atom. The van der Waals surface area contributed by atoms with Crippen LogP contribution in [0.3, 0.4) is 0 Å². The Morgan fingerprint density at radius 2 is 2.17 bits per heavy atom. The second kappa shape index (κ2) is 8.50. The molecule has 0 saturated carbocycles. The first-order valence-electron chi connectivity index (χ1n) is 8.58. The van der Waals surface area contributed by atoms with Crippen molar-refractivity contribution in [3.8, 4) is 27.7 Å². The highest BCUT2D eigenvalue weighted by Crippen LogP contribution is 2.28. The van der Waals surface area contributed by atoms with Gasteiger partial charge in [0.05, 0.1) is 17.7 Å². The van der Waals surface area contributed by atoms with Gasteiger partial charge in [0.2, 0.25) is 17.6 Å². The van der Waals surface area contributed by atoms with E-state index in [2.05, 4.69) is 20.4 Å². The van der Waals surface area contributed by atoms with Crippen LogP contribution in [0, 0.1) is 5.82 Å². The molecule has 1 aromatic carbocycles. The molecule has 7 nitrogen and oxygen atoms in total. The number of aryl methyl sites for hydroxylation is 1. The first kappa shape index (κ1) is 19.2. The third-order valence-electron chi connectivity index (χ3n) is 3.97. The first-order valence-corrected chi connectivity index (χ1v) is 10.3. The highest BCUT2D eigenvalue weighted by atomic mass is 32.1. The van der Waals surface area contributed by atoms with Crippen molar-refractivity contribution in [2.45, 2.75) is 12.8 Å². The van der Waals surface area contributed by atoms with E-state index in [0.29, 0.717) is 34.5 Å². The summed E-state index contributed by atoms with van der Waals surface area (Å²) >= 11 is 2.78. The van der Waals surface area contributed by atoms with Gasteiger partial charge in [-0.2, -0.15) is 4.98 Å². The summed E-state index contributed by atoms with van der Waals surface area (Å²) in [5.74, 6) is 0.400. The number of thiazole rings is 1. The number of hydrogen-bond acceptors (Lipinski definition) is 8. The van der Waals surface area contributed by atoms with E-state index in [9.17, 15) is 9.18 Å². The SMILES string of the molecule is COc1ccc(-c2csc(NC(=O)CCc3nc(-c4cccs4)no3)n2)cc1F. The van der Waals surface area contributed by atoms with Gasteiger partial charge in [-0.3, -0.25) is 4.79 Å². The number of amides is 1. The van der Waals surface area contributed by atoms with Gasteiger partial charge >= 0.3 is 0 Å². The second-order valence-corrected chi connectivity index (χ2v) is 7.73. The molecule has 0 saturated heterocycles. The van der Waals surface area contributed by atoms with Crippen LogP contribution in [0.2, 0.25) is 0 Å². The molecule has 4 rings (SSSR count). The van der Waals surface area contributed by atoms with Gasteiger partial charge in [-0.25, -0.2) is 9.37 Å². The summed E-state index contributed by atoms with van der Waals surface area (Å²) in [7, 11) is 1.41. The maximum atomic E-state index is 13.9. The van der Waals surface area contributed by atoms with Gasteiger partial charge in [0.15, 0.2) is 16.7 Å². The van der Waals surface area contributed by atoms with E-state index in [1.807, 2.05) is 17.5 Å². The molecule has 0 radical (unpaired) electrons. The Kier molecular flexibility index (Phi) is 5.63. The van der Waals surface area contributed by atoms with Crippen LogP contribution < -0.4 is 10.1 Å². The number of aromatic nitrogens is 3. The van der Waals surface area contributed by atoms with Gasteiger partial charge in [0.1, 0.15) is 0 Å². The summed E-state index contributed by atoms with van der Waals surface area (Å²) in [4.78, 5) is 21.7. The van der Waals surface area contributed by atoms with Crippen LogP contribution in [-0.4, -0.2) is 28.1 Å². The van der Waals surface area contributed by atoms with Gasteiger partial charge in [0, 0.05) is 23.8 Å². The summed E-state index contributed by atoms with van der Waals surface area (Å²) in [6.45, 7) is 0. The number of nitrogens with zero attached hydrogens (tertiary/aromatic N) is 3. The molecule has 10 heteroatoms. The van der Waals surface area contributed by atoms with Crippen LogP contribution in [0.25, 0.3) is 22.0 Å². The minimum absolute atomic E-state index is 0.167. The Labute approximate surface area is 173 Å². The Hall–Kier alpha value is -3.11. The fourth-order valence-corrected chi connectivity index (χ4v) is 3.94. The molecule has 4 aromatic rings. The molecule has 0 spiro atoms. The van der Waals surface area contributed by atoms with E-state index < -0.39 is 5.82 Å². The lowest BCUT2D eigenvalue weighted by Crippen LogP contribution is -2.12. The van der Waals surface area contributed by atoms with Crippen molar-refractivity contribution >= 4 is 33.7 Å². The fraction of sp³-hybridized carbons (Fsp3) is 0.158. The quantitative estimate of drug-likeness (QED) is 0.459. The van der Waals surface area contributed by atoms with Crippen LogP contribution in [0.1, 0.15) is 12.3 Å². The van der Waals surface area contributed by atoms with Crippen molar-refractivity contribution in [2.75, 3.05) is 12.4 Å². The zero-order valence-electron chi connectivity index (χ0n) is 15.2. The van der Waals surface area contributed by atoms with E-state index in [0.717, 1.165) is 4.88 Å². The van der Waals surface area contributed by atoms with Gasteiger partial charge in [-0.1, -0.05) is 11.2 Å². The van der Waals surface area contributed by atoms with Crippen LogP contribution in [-0.2, 0) is 11.2 Å². The molecular formula is C19H15FN4O3S2. The molecule has 0 fully saturated rings. The van der Waals surface area contributed by atoms with E-state index in [1.54, 1.807) is 11.4 Å². The van der Waals surface area contributed by atoms with E-state index in [-0.39, 0.29) is 18.1 Å². The van der Waals surface area contributed by atoms with Crippen LogP contribution in [0.5, 0.6) is 5.75 Å². The first-order chi connectivity index (χ1) is 14.1. The largest absolute Gasteiger partial charge is 0.494 e. The van der Waals surface area contributed by atoms with Gasteiger partial charge in [0.25, 0.3) is 0 Å². The summed E-state index contributed by atoms with van der Waals surface area (Å²) < 4.78 is 24.0. The zero-order chi connectivity index (χ0) is 20.2. The predicted octanol–water partition coefficient (Wildman–Crippen LogP) is 4.64. The topological polar surface area (TPSA) is 90.1 Å². The molecule has 1 amide bonds. The highest BCUT2D eigenvalue weighted by Gasteiger charge is 2.13. The lowest BCUT2D eigenvalue weighted by atomic mass is 10.1. The third kappa shape index (κ3) is 4.49. The third-order valence-corrected chi connectivity index (χ3v) is 5.60. The number of methoxy groups -OCH3 is 1. The number of carbonyl (C=O) groups is 1. The number of nitrogens with one attached hydrogen (secondary N) is 1. The van der Waals surface area contributed by atoms with Gasteiger partial charge < -0.3 is 14.6 Å². The van der Waals surface area contributed by atoms with Crippen LogP contribution in [0.4, 0.5) is 9.52 Å². The maximum absolute atomic E-state index is 13.9. The van der Waals surface area contributed by atoms with Crippen molar-refractivity contribution < 1.29 is 18.4 Å². The molecule has 0 aliphatic heterocycles. The molecule has 148 valence electrons. The number of thiophene rings is 1. The summed E-state index contributed by atoms with van der Waals surface area (Å²) in [6, 6.07) is 8.41. The summed E-state index contributed by atoms with van der Waals surface area (Å²) in [6.07, 6.45) is 0.504. The van der Waals surface area contributed by atoms with Crippen molar-refractivity contribution in [1.29, 1.82) is 0 Å². The second-order valence-electron chi connectivity index (χ2n) is 5.92. The van der Waals surface area contributed by atoms with E-state index in [1.165, 1.54) is 41.9 Å². The number of ether oxygens (including phenoxy) is 1. The lowest BCUT2D eigenvalue weighted by molar-refractivity contribution is -0.116. The summed E-state index contributed by atoms with van der Waals surface area (Å²) in [5.41, 5.74) is 1.18. The maximum Gasteiger partial charge on any atom is 0.227 e. The molecule has 0 atom stereocenters. The normalized spacial score (nSPS) is 10.8. The standard InChI is InChI=1S/C19H15FN4O3S2/c1-26-14-5-4-11(9-12(14)20)13-10-29-19(21-13)22-16(25)6-7-17-23-18(24-27-17)15-3-2-8-28-15/h2-5,8-10H,6-7H2,1H3,(H,21,22,25). The highest BCUT2D eigenvalue weighted by molar-refractivity contribution is 7.14. The van der Waals surface area contributed by atoms with E-state index in [4.69, 9.17) is 9.26 Å². The Bertz CT molecular complexity index is 1120. The molecule has 0 bridgehead atoms. The van der Waals surface area contributed by atoms with Gasteiger partial charge in [-0.05, 0) is 29.6 Å². The van der Waals surface area contributed by atoms with Crippen molar-refractivity contribution in [3.05, 3.63) is 52.8 Å². The molecule has 0 unspecified atom stereocenters. The summed E-state index contributed by atoms with van der Waals surface area (Å²) in [5, 5.41) is 10.8. The molecule has 3 aromatic heterocycles. The Morgan fingerprint density at radius 3 is 2.93 bits per heavy atom. The number of halogens is 1. The van der Waals surface area contributed by atoms with E-state index >= 15 is 0 Å². The molecular weight excluding hydrogens is 415 g/mol. The number of hydrogen-bond donors (Lipinski definition) is 1. The molecule has 29 heavy (non-hydrogen) atoms. The predicted molar refractivity (Wildman–Crippen MR) is 109 cm³/mol. The average molecular weight is 430 g/mol. The average Bonchev–Trinajstić information content (AvgIpc) is 3.47. The smallest absolute Gasteiger partial charge is 0.227 e. The Balaban J connectivity index is 1.34. The van der Waals surface area contributed by atoms with Gasteiger partial charge in [-0.15, -0.1) is 22.7 Å². The minimum atomic E-state index is -0.468. The fourth-order valence-electron chi connectivity index (χ4n) is 2.55. The monoisotopic (exact) mass is 430 g/mol. The molecule has 1 N–H and O–H groups in total. The van der Waals surface area contributed by atoms with Crippen molar-refractivity contribution in [3.63, 3.8) is 0 Å². The number of carbonyl (C=O) groups excluding carboxylic acids is 1. The molecule has 0 aliphatic rings. The van der Waals surface area contributed by atoms with Crippen molar-refractivity contribution in [2.24, 2.45) is 0 Å². The van der Waals surface area contributed by atoms with Crippen molar-refractivity contribution in [1.82, 2.24) is 15.1 Å². The number of anilines is 1. The van der Waals surface area contributed by atoms with Crippen LogP contribution in [0.15, 0.2) is 45.6 Å². The minimum Gasteiger partial charge on any atom is -0.494 e. The lowest BCUT2D eigenvalue weighted by Gasteiger charge is -2.03.